The van der Waals surface area contributed by atoms with Crippen LogP contribution in [0.3, 0.4) is 0 Å². The highest BCUT2D eigenvalue weighted by Gasteiger charge is 2.28. The molecule has 7 nitrogen and oxygen atoms in total. The number of hydrogen-bond acceptors (Lipinski definition) is 5. The summed E-state index contributed by atoms with van der Waals surface area (Å²) in [6, 6.07) is 6.25. The summed E-state index contributed by atoms with van der Waals surface area (Å²) in [6.07, 6.45) is 4.58. The minimum Gasteiger partial charge on any atom is -0.375 e. The summed E-state index contributed by atoms with van der Waals surface area (Å²) >= 11 is 6.50. The summed E-state index contributed by atoms with van der Waals surface area (Å²) in [5, 5.41) is 6.40. The minimum atomic E-state index is -0.231. The second kappa shape index (κ2) is 11.3. The van der Waals surface area contributed by atoms with Crippen LogP contribution >= 0.6 is 11.6 Å². The number of benzene rings is 1. The fourth-order valence-electron chi connectivity index (χ4n) is 5.05. The van der Waals surface area contributed by atoms with Crippen molar-refractivity contribution in [1.29, 1.82) is 0 Å². The van der Waals surface area contributed by atoms with Gasteiger partial charge < -0.3 is 25.4 Å². The van der Waals surface area contributed by atoms with E-state index in [1.54, 1.807) is 13.1 Å². The minimum absolute atomic E-state index is 0.116. The number of anilines is 2. The highest BCUT2D eigenvalue weighted by atomic mass is 35.5. The topological polar surface area (TPSA) is 80.5 Å². The van der Waals surface area contributed by atoms with Crippen LogP contribution in [0.5, 0.6) is 0 Å². The number of halogens is 1. The van der Waals surface area contributed by atoms with E-state index in [4.69, 9.17) is 11.6 Å². The first-order valence-corrected chi connectivity index (χ1v) is 12.5. The van der Waals surface area contributed by atoms with Crippen LogP contribution in [0.2, 0.25) is 5.02 Å². The zero-order valence-corrected chi connectivity index (χ0v) is 22.0. The maximum atomic E-state index is 13.2. The first kappa shape index (κ1) is 26.1. The number of aromatic nitrogens is 1. The summed E-state index contributed by atoms with van der Waals surface area (Å²) in [7, 11) is 6.05. The Balaban J connectivity index is 1.81. The predicted octanol–water partition coefficient (Wildman–Crippen LogP) is 4.32. The molecule has 1 heterocycles. The van der Waals surface area contributed by atoms with Crippen LogP contribution in [-0.4, -0.2) is 55.6 Å². The number of rotatable bonds is 8. The van der Waals surface area contributed by atoms with Crippen LogP contribution in [0.15, 0.2) is 23.0 Å². The van der Waals surface area contributed by atoms with Crippen LogP contribution in [0, 0.1) is 13.8 Å². The van der Waals surface area contributed by atoms with Gasteiger partial charge in [0.25, 0.3) is 5.91 Å². The van der Waals surface area contributed by atoms with E-state index < -0.39 is 0 Å². The van der Waals surface area contributed by atoms with Crippen LogP contribution in [0.4, 0.5) is 11.5 Å². The molecule has 0 aliphatic heterocycles. The number of pyridine rings is 1. The molecule has 0 bridgehead atoms. The van der Waals surface area contributed by atoms with Crippen molar-refractivity contribution in [1.82, 2.24) is 15.2 Å². The van der Waals surface area contributed by atoms with Crippen LogP contribution in [-0.2, 0) is 6.54 Å². The number of amides is 1. The SMILES string of the molecule is CCN(c1cc(Cl)cc(C(=O)NCc2c(C)[nH]c(NC)cc2=O)c1C)[C@H]1CC[C@H](N(C)C)CC1. The molecule has 3 rings (SSSR count). The lowest BCUT2D eigenvalue weighted by atomic mass is 9.89. The molecule has 1 amide bonds. The Labute approximate surface area is 207 Å². The van der Waals surface area contributed by atoms with Gasteiger partial charge in [-0.3, -0.25) is 9.59 Å². The molecule has 0 unspecified atom stereocenters. The molecule has 1 aliphatic carbocycles. The number of H-pyrrole nitrogens is 1. The summed E-state index contributed by atoms with van der Waals surface area (Å²) in [6.45, 7) is 6.97. The standard InChI is InChI=1S/C26H38ClN5O2/c1-7-32(20-10-8-19(9-11-20)31(5)6)23-13-18(27)12-21(16(23)2)26(34)29-15-22-17(3)30-25(28-4)14-24(22)33/h12-14,19-20H,7-11,15H2,1-6H3,(H,29,34)(H2,28,30,33)/t19-,20-. The van der Waals surface area contributed by atoms with Crippen LogP contribution in [0.25, 0.3) is 0 Å². The van der Waals surface area contributed by atoms with Gasteiger partial charge in [0.05, 0.1) is 0 Å². The Kier molecular flexibility index (Phi) is 8.66. The zero-order chi connectivity index (χ0) is 25.0. The molecule has 2 aromatic rings. The molecule has 0 radical (unpaired) electrons. The molecule has 186 valence electrons. The molecule has 1 aromatic heterocycles. The van der Waals surface area contributed by atoms with Crippen molar-refractivity contribution in [2.75, 3.05) is 37.9 Å². The van der Waals surface area contributed by atoms with Crippen molar-refractivity contribution in [3.63, 3.8) is 0 Å². The molecular formula is C26H38ClN5O2. The lowest BCUT2D eigenvalue weighted by molar-refractivity contribution is 0.0950. The number of nitrogens with zero attached hydrogens (tertiary/aromatic N) is 2. The van der Waals surface area contributed by atoms with Crippen molar-refractivity contribution in [2.45, 2.75) is 65.1 Å². The van der Waals surface area contributed by atoms with Crippen LogP contribution in [0.1, 0.15) is 59.8 Å². The number of aryl methyl sites for hydroxylation is 1. The maximum absolute atomic E-state index is 13.2. The molecule has 1 aliphatic rings. The summed E-state index contributed by atoms with van der Waals surface area (Å²) in [4.78, 5) is 33.5. The second-order valence-electron chi connectivity index (χ2n) is 9.39. The summed E-state index contributed by atoms with van der Waals surface area (Å²) < 4.78 is 0. The number of hydrogen-bond donors (Lipinski definition) is 3. The Bertz CT molecular complexity index is 1070. The van der Waals surface area contributed by atoms with Gasteiger partial charge >= 0.3 is 0 Å². The van der Waals surface area contributed by atoms with Gasteiger partial charge in [0.2, 0.25) is 0 Å². The smallest absolute Gasteiger partial charge is 0.251 e. The van der Waals surface area contributed by atoms with E-state index >= 15 is 0 Å². The highest BCUT2D eigenvalue weighted by molar-refractivity contribution is 6.31. The third-order valence-corrected chi connectivity index (χ3v) is 7.34. The summed E-state index contributed by atoms with van der Waals surface area (Å²) in [5.41, 5.74) is 3.63. The molecule has 1 saturated carbocycles. The van der Waals surface area contributed by atoms with E-state index in [2.05, 4.69) is 46.4 Å². The van der Waals surface area contributed by atoms with Gasteiger partial charge in [-0.2, -0.15) is 0 Å². The number of carbonyl (C=O) groups excluding carboxylic acids is 1. The van der Waals surface area contributed by atoms with Crippen molar-refractivity contribution >= 4 is 29.0 Å². The van der Waals surface area contributed by atoms with Gasteiger partial charge in [-0.05, 0) is 78.2 Å². The maximum Gasteiger partial charge on any atom is 0.251 e. The molecule has 34 heavy (non-hydrogen) atoms. The second-order valence-corrected chi connectivity index (χ2v) is 9.83. The van der Waals surface area contributed by atoms with Gasteiger partial charge in [0.1, 0.15) is 5.82 Å². The van der Waals surface area contributed by atoms with E-state index in [-0.39, 0.29) is 17.9 Å². The molecule has 0 saturated heterocycles. The fourth-order valence-corrected chi connectivity index (χ4v) is 5.26. The van der Waals surface area contributed by atoms with E-state index in [0.29, 0.717) is 34.1 Å². The lowest BCUT2D eigenvalue weighted by Gasteiger charge is -2.40. The normalized spacial score (nSPS) is 18.1. The Hall–Kier alpha value is -2.51. The Morgan fingerprint density at radius 1 is 1.12 bits per heavy atom. The highest BCUT2D eigenvalue weighted by Crippen LogP contribution is 2.34. The van der Waals surface area contributed by atoms with E-state index in [0.717, 1.165) is 36.3 Å². The Morgan fingerprint density at radius 2 is 1.76 bits per heavy atom. The fraction of sp³-hybridized carbons (Fsp3) is 0.538. The largest absolute Gasteiger partial charge is 0.375 e. The molecule has 3 N–H and O–H groups in total. The van der Waals surface area contributed by atoms with Crippen molar-refractivity contribution in [2.24, 2.45) is 0 Å². The Morgan fingerprint density at radius 3 is 2.32 bits per heavy atom. The summed E-state index contributed by atoms with van der Waals surface area (Å²) in [5.74, 6) is 0.414. The van der Waals surface area contributed by atoms with E-state index in [1.807, 2.05) is 19.9 Å². The average molecular weight is 488 g/mol. The molecule has 0 spiro atoms. The predicted molar refractivity (Wildman–Crippen MR) is 141 cm³/mol. The number of aromatic amines is 1. The quantitative estimate of drug-likeness (QED) is 0.516. The van der Waals surface area contributed by atoms with Gasteiger partial charge in [-0.25, -0.2) is 0 Å². The molecule has 8 heteroatoms. The third-order valence-electron chi connectivity index (χ3n) is 7.12. The van der Waals surface area contributed by atoms with Gasteiger partial charge in [-0.1, -0.05) is 11.6 Å². The van der Waals surface area contributed by atoms with Crippen molar-refractivity contribution in [3.05, 3.63) is 55.8 Å². The lowest BCUT2D eigenvalue weighted by Crippen LogP contribution is -2.42. The average Bonchev–Trinajstić information content (AvgIpc) is 2.80. The van der Waals surface area contributed by atoms with Crippen molar-refractivity contribution < 1.29 is 4.79 Å². The molecule has 1 fully saturated rings. The van der Waals surface area contributed by atoms with Crippen LogP contribution < -0.4 is 21.0 Å². The molecular weight excluding hydrogens is 450 g/mol. The first-order chi connectivity index (χ1) is 16.2. The monoisotopic (exact) mass is 487 g/mol. The zero-order valence-electron chi connectivity index (χ0n) is 21.2. The number of carbonyl (C=O) groups is 1. The van der Waals surface area contributed by atoms with Crippen molar-refractivity contribution in [3.8, 4) is 0 Å². The van der Waals surface area contributed by atoms with Gasteiger partial charge in [0, 0.05) is 65.8 Å². The third kappa shape index (κ3) is 5.76. The first-order valence-electron chi connectivity index (χ1n) is 12.1. The number of nitrogens with one attached hydrogen (secondary N) is 3. The van der Waals surface area contributed by atoms with E-state index in [1.165, 1.54) is 18.9 Å². The van der Waals surface area contributed by atoms with Gasteiger partial charge in [-0.15, -0.1) is 0 Å². The molecule has 1 aromatic carbocycles. The van der Waals surface area contributed by atoms with E-state index in [9.17, 15) is 9.59 Å². The molecule has 0 atom stereocenters. The van der Waals surface area contributed by atoms with Gasteiger partial charge in [0.15, 0.2) is 5.43 Å².